The second kappa shape index (κ2) is 10.8. The number of rotatable bonds is 7. The van der Waals surface area contributed by atoms with Gasteiger partial charge in [0.2, 0.25) is 0 Å². The molecule has 0 aliphatic carbocycles. The van der Waals surface area contributed by atoms with Crippen molar-refractivity contribution in [2.75, 3.05) is 0 Å². The third kappa shape index (κ3) is 5.47. The van der Waals surface area contributed by atoms with Crippen LogP contribution in [-0.2, 0) is 12.8 Å². The van der Waals surface area contributed by atoms with Gasteiger partial charge in [-0.3, -0.25) is 0 Å². The van der Waals surface area contributed by atoms with E-state index >= 15 is 0 Å². The highest BCUT2D eigenvalue weighted by Gasteiger charge is 2.12. The fourth-order valence-electron chi connectivity index (χ4n) is 4.40. The second-order valence-electron chi connectivity index (χ2n) is 9.03. The highest BCUT2D eigenvalue weighted by Crippen LogP contribution is 2.36. The minimum atomic E-state index is -0.430. The molecule has 4 nitrogen and oxygen atoms in total. The first-order valence-electron chi connectivity index (χ1n) is 12.2. The van der Waals surface area contributed by atoms with E-state index in [0.717, 1.165) is 34.7 Å². The lowest BCUT2D eigenvalue weighted by Crippen LogP contribution is -2.03. The molecule has 0 saturated heterocycles. The third-order valence-electron chi connectivity index (χ3n) is 6.25. The first kappa shape index (κ1) is 24.3. The van der Waals surface area contributed by atoms with Gasteiger partial charge in [-0.2, -0.15) is 0 Å². The first-order chi connectivity index (χ1) is 18.6. The highest BCUT2D eigenvalue weighted by atomic mass is 33.1. The molecule has 0 N–H and O–H groups in total. The van der Waals surface area contributed by atoms with Crippen molar-refractivity contribution in [3.05, 3.63) is 152 Å². The van der Waals surface area contributed by atoms with Crippen LogP contribution < -0.4 is 11.3 Å². The van der Waals surface area contributed by atoms with Gasteiger partial charge < -0.3 is 8.83 Å². The molecule has 6 aromatic rings. The third-order valence-corrected chi connectivity index (χ3v) is 8.59. The van der Waals surface area contributed by atoms with Crippen LogP contribution in [0.25, 0.3) is 21.9 Å². The highest BCUT2D eigenvalue weighted by molar-refractivity contribution is 8.76. The summed E-state index contributed by atoms with van der Waals surface area (Å²) < 4.78 is 11.1. The van der Waals surface area contributed by atoms with Crippen LogP contribution in [-0.4, -0.2) is 0 Å². The van der Waals surface area contributed by atoms with Gasteiger partial charge in [-0.05, 0) is 93.1 Å². The number of hydrogen-bond donors (Lipinski definition) is 0. The van der Waals surface area contributed by atoms with Crippen molar-refractivity contribution in [1.82, 2.24) is 0 Å². The predicted molar refractivity (Wildman–Crippen MR) is 155 cm³/mol. The van der Waals surface area contributed by atoms with E-state index < -0.39 is 11.3 Å². The topological polar surface area (TPSA) is 60.4 Å². The molecule has 186 valence electrons. The van der Waals surface area contributed by atoms with Gasteiger partial charge in [0.05, 0.1) is 0 Å². The Morgan fingerprint density at radius 2 is 0.895 bits per heavy atom. The maximum Gasteiger partial charge on any atom is 0.350 e. The molecule has 0 unspecified atom stereocenters. The molecule has 0 atom stereocenters. The summed E-state index contributed by atoms with van der Waals surface area (Å²) in [5.74, 6) is 0. The molecule has 0 amide bonds. The molecule has 2 heterocycles. The molecule has 0 aliphatic heterocycles. The molecule has 0 saturated carbocycles. The Balaban J connectivity index is 1.24. The Bertz CT molecular complexity index is 1720. The van der Waals surface area contributed by atoms with Crippen LogP contribution in [0, 0.1) is 0 Å². The molecule has 6 rings (SSSR count). The zero-order valence-electron chi connectivity index (χ0n) is 20.3. The van der Waals surface area contributed by atoms with Gasteiger partial charge in [0.1, 0.15) is 21.0 Å². The number of hydrogen-bond acceptors (Lipinski definition) is 6. The maximum absolute atomic E-state index is 12.6. The van der Waals surface area contributed by atoms with Gasteiger partial charge in [-0.25, -0.2) is 9.59 Å². The minimum absolute atomic E-state index is 0.427. The predicted octanol–water partition coefficient (Wildman–Crippen LogP) is 7.88. The van der Waals surface area contributed by atoms with E-state index in [1.165, 1.54) is 32.7 Å². The molecule has 2 aromatic heterocycles. The van der Waals surface area contributed by atoms with Crippen LogP contribution in [0.2, 0.25) is 0 Å². The van der Waals surface area contributed by atoms with Crippen LogP contribution in [0.1, 0.15) is 22.3 Å². The van der Waals surface area contributed by atoms with Crippen molar-refractivity contribution < 1.29 is 8.83 Å². The van der Waals surface area contributed by atoms with Crippen molar-refractivity contribution in [2.24, 2.45) is 0 Å². The molecule has 0 radical (unpaired) electrons. The summed E-state index contributed by atoms with van der Waals surface area (Å²) in [6, 6.07) is 35.8. The molecule has 0 bridgehead atoms. The van der Waals surface area contributed by atoms with Gasteiger partial charge in [0, 0.05) is 10.8 Å². The summed E-state index contributed by atoms with van der Waals surface area (Å²) in [6.45, 7) is 0. The Morgan fingerprint density at radius 1 is 0.474 bits per heavy atom. The Kier molecular flexibility index (Phi) is 6.90. The zero-order chi connectivity index (χ0) is 25.9. The van der Waals surface area contributed by atoms with E-state index in [9.17, 15) is 9.59 Å². The molecule has 0 aliphatic rings. The average Bonchev–Trinajstić information content (AvgIpc) is 2.93. The lowest BCUT2D eigenvalue weighted by Gasteiger charge is -2.06. The Morgan fingerprint density at radius 3 is 1.32 bits per heavy atom. The standard InChI is InChI=1S/C32H22O4S2/c33-31-29(19-25-17-23(11-13-27(25)35-31)15-21-7-3-1-4-8-21)37-38-30-20-26-18-24(12-14-28(26)36-32(30)34)16-22-9-5-2-6-10-22/h1-14,17-20H,15-16H2. The first-order valence-corrected chi connectivity index (χ1v) is 14.3. The normalized spacial score (nSPS) is 11.3. The summed E-state index contributed by atoms with van der Waals surface area (Å²) in [7, 11) is 2.41. The number of fused-ring (bicyclic) bond motifs is 2. The van der Waals surface area contributed by atoms with E-state index in [1.807, 2.05) is 84.9 Å². The van der Waals surface area contributed by atoms with Crippen molar-refractivity contribution >= 4 is 43.5 Å². The Hall–Kier alpha value is -4.00. The number of benzene rings is 4. The summed E-state index contributed by atoms with van der Waals surface area (Å²) in [5.41, 5.74) is 4.90. The van der Waals surface area contributed by atoms with Gasteiger partial charge in [-0.1, -0.05) is 72.8 Å². The van der Waals surface area contributed by atoms with Gasteiger partial charge in [0.25, 0.3) is 0 Å². The van der Waals surface area contributed by atoms with Crippen LogP contribution in [0.5, 0.6) is 0 Å². The Labute approximate surface area is 226 Å². The molecule has 0 spiro atoms. The lowest BCUT2D eigenvalue weighted by molar-refractivity contribution is 0.543. The smallest absolute Gasteiger partial charge is 0.350 e. The van der Waals surface area contributed by atoms with Crippen molar-refractivity contribution in [2.45, 2.75) is 22.6 Å². The largest absolute Gasteiger partial charge is 0.422 e. The minimum Gasteiger partial charge on any atom is -0.422 e. The van der Waals surface area contributed by atoms with Crippen LogP contribution >= 0.6 is 21.6 Å². The van der Waals surface area contributed by atoms with Gasteiger partial charge in [-0.15, -0.1) is 0 Å². The van der Waals surface area contributed by atoms with Crippen LogP contribution in [0.4, 0.5) is 0 Å². The fraction of sp³-hybridized carbons (Fsp3) is 0.0625. The van der Waals surface area contributed by atoms with E-state index in [2.05, 4.69) is 24.3 Å². The second-order valence-corrected chi connectivity index (χ2v) is 11.2. The van der Waals surface area contributed by atoms with E-state index in [1.54, 1.807) is 0 Å². The zero-order valence-corrected chi connectivity index (χ0v) is 21.9. The van der Waals surface area contributed by atoms with E-state index in [-0.39, 0.29) is 0 Å². The molecular formula is C32H22O4S2. The van der Waals surface area contributed by atoms with Gasteiger partial charge >= 0.3 is 11.3 Å². The summed E-state index contributed by atoms with van der Waals surface area (Å²) in [4.78, 5) is 26.1. The molecule has 38 heavy (non-hydrogen) atoms. The van der Waals surface area contributed by atoms with Crippen molar-refractivity contribution in [1.29, 1.82) is 0 Å². The maximum atomic E-state index is 12.6. The quantitative estimate of drug-likeness (QED) is 0.153. The summed E-state index contributed by atoms with van der Waals surface area (Å²) >= 11 is 0. The average molecular weight is 535 g/mol. The van der Waals surface area contributed by atoms with Crippen LogP contribution in [0.15, 0.2) is 137 Å². The summed E-state index contributed by atoms with van der Waals surface area (Å²) in [6.07, 6.45) is 1.58. The molecular weight excluding hydrogens is 512 g/mol. The monoisotopic (exact) mass is 534 g/mol. The summed E-state index contributed by atoms with van der Waals surface area (Å²) in [5, 5.41) is 1.69. The van der Waals surface area contributed by atoms with E-state index in [4.69, 9.17) is 8.83 Å². The van der Waals surface area contributed by atoms with Crippen LogP contribution in [0.3, 0.4) is 0 Å². The lowest BCUT2D eigenvalue weighted by atomic mass is 10.0. The molecule has 6 heteroatoms. The molecule has 0 fully saturated rings. The van der Waals surface area contributed by atoms with Gasteiger partial charge in [0.15, 0.2) is 0 Å². The van der Waals surface area contributed by atoms with Crippen molar-refractivity contribution in [3.8, 4) is 0 Å². The SMILES string of the molecule is O=c1oc2ccc(Cc3ccccc3)cc2cc1SSc1cc2cc(Cc3ccccc3)ccc2oc1=O. The fourth-order valence-corrected chi connectivity index (χ4v) is 6.38. The van der Waals surface area contributed by atoms with Crippen molar-refractivity contribution in [3.63, 3.8) is 0 Å². The van der Waals surface area contributed by atoms with E-state index in [0.29, 0.717) is 21.0 Å². The molecule has 4 aromatic carbocycles.